The lowest BCUT2D eigenvalue weighted by molar-refractivity contribution is -0.160. The van der Waals surface area contributed by atoms with Crippen LogP contribution in [-0.2, 0) is 38.9 Å². The third kappa shape index (κ3) is 11.7. The molecule has 1 saturated heterocycles. The van der Waals surface area contributed by atoms with E-state index in [-0.39, 0.29) is 31.4 Å². The van der Waals surface area contributed by atoms with E-state index in [9.17, 15) is 14.4 Å². The molecule has 3 N–H and O–H groups in total. The van der Waals surface area contributed by atoms with Gasteiger partial charge in [-0.25, -0.2) is 9.59 Å². The van der Waals surface area contributed by atoms with Crippen molar-refractivity contribution in [2.24, 2.45) is 5.92 Å². The molecular weight excluding hydrogens is 869 g/mol. The van der Waals surface area contributed by atoms with Crippen molar-refractivity contribution in [1.82, 2.24) is 20.9 Å². The predicted molar refractivity (Wildman–Crippen MR) is 266 cm³/mol. The van der Waals surface area contributed by atoms with Crippen LogP contribution in [0.3, 0.4) is 0 Å². The van der Waals surface area contributed by atoms with E-state index in [4.69, 9.17) is 14.2 Å². The van der Waals surface area contributed by atoms with E-state index in [0.29, 0.717) is 6.42 Å². The molecule has 0 aromatic heterocycles. The predicted octanol–water partition coefficient (Wildman–Crippen LogP) is 9.05. The van der Waals surface area contributed by atoms with Gasteiger partial charge in [0.2, 0.25) is 17.7 Å². The van der Waals surface area contributed by atoms with Crippen LogP contribution in [0.15, 0.2) is 140 Å². The molecule has 1 fully saturated rings. The van der Waals surface area contributed by atoms with Gasteiger partial charge in [-0.3, -0.25) is 14.4 Å². The van der Waals surface area contributed by atoms with E-state index in [2.05, 4.69) is 16.0 Å². The molecular formula is C57H66N4O8. The molecule has 5 aromatic rings. The highest BCUT2D eigenvalue weighted by Gasteiger charge is 2.46. The van der Waals surface area contributed by atoms with Crippen LogP contribution in [0, 0.1) is 5.92 Å². The van der Waals surface area contributed by atoms with Crippen LogP contribution in [0.1, 0.15) is 108 Å². The second-order valence-corrected chi connectivity index (χ2v) is 20.1. The summed E-state index contributed by atoms with van der Waals surface area (Å²) in [5.41, 5.74) is 3.74. The molecule has 0 spiro atoms. The molecule has 1 heterocycles. The van der Waals surface area contributed by atoms with Crippen LogP contribution in [0.4, 0.5) is 4.79 Å². The Hall–Kier alpha value is -6.79. The average Bonchev–Trinajstić information content (AvgIpc) is 3.89. The van der Waals surface area contributed by atoms with E-state index >= 15 is 9.59 Å². The fourth-order valence-electron chi connectivity index (χ4n) is 9.57. The summed E-state index contributed by atoms with van der Waals surface area (Å²) in [6.07, 6.45) is -1.38. The molecule has 0 bridgehead atoms. The van der Waals surface area contributed by atoms with Gasteiger partial charge in [0.1, 0.15) is 35.9 Å². The molecule has 0 saturated carbocycles. The average molecular weight is 935 g/mol. The number of fused-ring (bicyclic) bond motifs is 3. The number of nitrogens with one attached hydrogen (secondary N) is 3. The van der Waals surface area contributed by atoms with Crippen molar-refractivity contribution in [3.8, 4) is 11.1 Å². The molecule has 5 aromatic carbocycles. The Morgan fingerprint density at radius 2 is 1.16 bits per heavy atom. The minimum atomic E-state index is -1.51. The van der Waals surface area contributed by atoms with E-state index in [1.54, 1.807) is 20.8 Å². The second-order valence-electron chi connectivity index (χ2n) is 20.1. The lowest BCUT2D eigenvalue weighted by Crippen LogP contribution is -2.58. The number of rotatable bonds is 16. The normalized spacial score (nSPS) is 17.1. The van der Waals surface area contributed by atoms with Crippen molar-refractivity contribution >= 4 is 29.8 Å². The van der Waals surface area contributed by atoms with E-state index in [1.165, 1.54) is 4.90 Å². The lowest BCUT2D eigenvalue weighted by atomic mass is 9.77. The minimum Gasteiger partial charge on any atom is -0.458 e. The SMILES string of the molecule is CC[C@H](C)[C@H](NC(=O)[C@@H]1C[C@@H](OC(C)(C)C)CN1C(=O)[C@H](CC(=O)NC(c1ccccc1)(c1ccccc1)c1ccccc1)NC(=O)OCC1c2ccccc2-c2ccccc21)C(=O)OC(C)(C)C. The first-order valence-electron chi connectivity index (χ1n) is 24.0. The zero-order valence-corrected chi connectivity index (χ0v) is 41.0. The van der Waals surface area contributed by atoms with E-state index in [1.807, 2.05) is 174 Å². The summed E-state index contributed by atoms with van der Waals surface area (Å²) in [5, 5.41) is 9.02. The number of carbonyl (C=O) groups excluding carboxylic acids is 5. The third-order valence-electron chi connectivity index (χ3n) is 12.8. The van der Waals surface area contributed by atoms with Gasteiger partial charge in [-0.1, -0.05) is 160 Å². The Bertz CT molecular complexity index is 2450. The highest BCUT2D eigenvalue weighted by molar-refractivity contribution is 5.96. The Morgan fingerprint density at radius 1 is 0.667 bits per heavy atom. The van der Waals surface area contributed by atoms with Gasteiger partial charge < -0.3 is 35.1 Å². The summed E-state index contributed by atoms with van der Waals surface area (Å²) in [6.45, 7) is 14.6. The fraction of sp³-hybridized carbons (Fsp3) is 0.386. The highest BCUT2D eigenvalue weighted by atomic mass is 16.6. The number of carbonyl (C=O) groups is 5. The summed E-state index contributed by atoms with van der Waals surface area (Å²) < 4.78 is 18.1. The highest BCUT2D eigenvalue weighted by Crippen LogP contribution is 2.44. The van der Waals surface area contributed by atoms with Crippen LogP contribution in [-0.4, -0.2) is 83.3 Å². The van der Waals surface area contributed by atoms with Gasteiger partial charge >= 0.3 is 12.1 Å². The summed E-state index contributed by atoms with van der Waals surface area (Å²) in [4.78, 5) is 74.1. The number of nitrogens with zero attached hydrogens (tertiary/aromatic N) is 1. The second kappa shape index (κ2) is 21.2. The van der Waals surface area contributed by atoms with E-state index < -0.39 is 77.2 Å². The zero-order chi connectivity index (χ0) is 49.5. The molecule has 1 aliphatic carbocycles. The van der Waals surface area contributed by atoms with Crippen molar-refractivity contribution in [3.05, 3.63) is 167 Å². The van der Waals surface area contributed by atoms with Crippen molar-refractivity contribution in [2.45, 2.75) is 122 Å². The Kier molecular flexibility index (Phi) is 15.4. The minimum absolute atomic E-state index is 0.0267. The quantitative estimate of drug-likeness (QED) is 0.0655. The number of esters is 1. The molecule has 0 radical (unpaired) electrons. The van der Waals surface area contributed by atoms with Gasteiger partial charge in [0.05, 0.1) is 18.1 Å². The lowest BCUT2D eigenvalue weighted by Gasteiger charge is -2.37. The molecule has 362 valence electrons. The van der Waals surface area contributed by atoms with Crippen LogP contribution in [0.2, 0.25) is 0 Å². The summed E-state index contributed by atoms with van der Waals surface area (Å²) >= 11 is 0. The maximum absolute atomic E-state index is 15.4. The van der Waals surface area contributed by atoms with Gasteiger partial charge in [-0.2, -0.15) is 0 Å². The number of ether oxygens (including phenoxy) is 3. The van der Waals surface area contributed by atoms with Crippen LogP contribution < -0.4 is 16.0 Å². The molecule has 69 heavy (non-hydrogen) atoms. The monoisotopic (exact) mass is 934 g/mol. The van der Waals surface area contributed by atoms with Crippen molar-refractivity contribution in [3.63, 3.8) is 0 Å². The Morgan fingerprint density at radius 3 is 1.64 bits per heavy atom. The molecule has 5 atom stereocenters. The molecule has 0 unspecified atom stereocenters. The number of hydrogen-bond donors (Lipinski definition) is 3. The fourth-order valence-corrected chi connectivity index (χ4v) is 9.57. The van der Waals surface area contributed by atoms with Crippen LogP contribution in [0.5, 0.6) is 0 Å². The smallest absolute Gasteiger partial charge is 0.407 e. The molecule has 7 rings (SSSR count). The van der Waals surface area contributed by atoms with Gasteiger partial charge in [0.25, 0.3) is 0 Å². The topological polar surface area (TPSA) is 152 Å². The first-order valence-corrected chi connectivity index (χ1v) is 24.0. The largest absolute Gasteiger partial charge is 0.458 e. The summed E-state index contributed by atoms with van der Waals surface area (Å²) in [6, 6.07) is 41.0. The van der Waals surface area contributed by atoms with Gasteiger partial charge in [-0.15, -0.1) is 0 Å². The maximum atomic E-state index is 15.4. The number of likely N-dealkylation sites (tertiary alicyclic amines) is 1. The van der Waals surface area contributed by atoms with Crippen molar-refractivity contribution < 1.29 is 38.2 Å². The van der Waals surface area contributed by atoms with Crippen LogP contribution in [0.25, 0.3) is 11.1 Å². The molecule has 12 heteroatoms. The Labute approximate surface area is 406 Å². The van der Waals surface area contributed by atoms with Gasteiger partial charge in [-0.05, 0) is 86.4 Å². The Balaban J connectivity index is 1.23. The maximum Gasteiger partial charge on any atom is 0.407 e. The molecule has 12 nitrogen and oxygen atoms in total. The molecule has 1 aliphatic heterocycles. The molecule has 4 amide bonds. The van der Waals surface area contributed by atoms with Gasteiger partial charge in [0.15, 0.2) is 0 Å². The number of benzene rings is 5. The van der Waals surface area contributed by atoms with Crippen molar-refractivity contribution in [2.75, 3.05) is 13.2 Å². The third-order valence-corrected chi connectivity index (χ3v) is 12.8. The van der Waals surface area contributed by atoms with E-state index in [0.717, 1.165) is 38.9 Å². The van der Waals surface area contributed by atoms with Gasteiger partial charge in [0, 0.05) is 18.9 Å². The number of amides is 4. The number of alkyl carbamates (subject to hydrolysis) is 1. The first-order chi connectivity index (χ1) is 32.9. The summed E-state index contributed by atoms with van der Waals surface area (Å²) in [7, 11) is 0. The molecule has 2 aliphatic rings. The first kappa shape index (κ1) is 50.1. The zero-order valence-electron chi connectivity index (χ0n) is 41.0. The number of hydrogen-bond acceptors (Lipinski definition) is 8. The van der Waals surface area contributed by atoms with Crippen LogP contribution >= 0.6 is 0 Å². The standard InChI is InChI=1S/C57H66N4O8/c1-9-37(2)50(53(65)69-56(6,7)8)59-51(63)48-33-41(68-55(3,4)5)35-61(48)52(64)47(58-54(66)67-36-46-44-31-21-19-29-42(44)43-30-20-22-32-45(43)46)34-49(62)60-57(38-23-13-10-14-24-38,39-25-15-11-16-26-39)40-27-17-12-18-28-40/h10-32,37,41,46-48,50H,9,33-36H2,1-8H3,(H,58,66)(H,59,63)(H,60,62)/t37-,41+,47-,48-,50-/m0/s1. The summed E-state index contributed by atoms with van der Waals surface area (Å²) in [5.74, 6) is -3.00. The van der Waals surface area contributed by atoms with Crippen molar-refractivity contribution in [1.29, 1.82) is 0 Å².